The highest BCUT2D eigenvalue weighted by atomic mass is 16.7. The second kappa shape index (κ2) is 7.30. The summed E-state index contributed by atoms with van der Waals surface area (Å²) in [5.41, 5.74) is 0. The molecule has 1 aliphatic heterocycles. The molecule has 1 heterocycles. The summed E-state index contributed by atoms with van der Waals surface area (Å²) >= 11 is 0. The number of rotatable bonds is 9. The molecule has 1 amide bonds. The second-order valence-corrected chi connectivity index (χ2v) is 4.13. The molecule has 2 unspecified atom stereocenters. The van der Waals surface area contributed by atoms with Crippen molar-refractivity contribution in [2.45, 2.75) is 25.5 Å². The van der Waals surface area contributed by atoms with Crippen LogP contribution in [0.3, 0.4) is 0 Å². The van der Waals surface area contributed by atoms with E-state index in [0.29, 0.717) is 13.2 Å². The molecule has 7 nitrogen and oxygen atoms in total. The zero-order valence-electron chi connectivity index (χ0n) is 10.5. The van der Waals surface area contributed by atoms with Crippen LogP contribution in [0.4, 0.5) is 0 Å². The molecular weight excluding hydrogens is 242 g/mol. The first-order chi connectivity index (χ1) is 8.56. The van der Waals surface area contributed by atoms with Crippen LogP contribution in [0.15, 0.2) is 0 Å². The quantitative estimate of drug-likeness (QED) is 0.333. The fourth-order valence-electron chi connectivity index (χ4n) is 1.82. The number of carboxylic acids is 1. The number of amides is 1. The summed E-state index contributed by atoms with van der Waals surface area (Å²) in [6.07, 6.45) is -0.458. The van der Waals surface area contributed by atoms with E-state index in [9.17, 15) is 9.59 Å². The van der Waals surface area contributed by atoms with Crippen LogP contribution in [-0.2, 0) is 23.8 Å². The summed E-state index contributed by atoms with van der Waals surface area (Å²) in [6, 6.07) is -0.357. The number of β-lactam (4-membered cyclic amide) rings is 1. The summed E-state index contributed by atoms with van der Waals surface area (Å²) in [4.78, 5) is 21.9. The summed E-state index contributed by atoms with van der Waals surface area (Å²) in [5.74, 6) is -1.54. The zero-order valence-corrected chi connectivity index (χ0v) is 10.5. The Balaban J connectivity index is 2.24. The number of carboxylic acid groups (broad SMARTS) is 1. The van der Waals surface area contributed by atoms with Crippen molar-refractivity contribution in [3.05, 3.63) is 0 Å². The number of carbonyl (C=O) groups is 2. The first-order valence-corrected chi connectivity index (χ1v) is 5.76. The van der Waals surface area contributed by atoms with E-state index < -0.39 is 11.9 Å². The standard InChI is InChI=1S/C11H19NO6/c1-7(18-6-17-4-3-16-2)10-8(5-9(13)14)12-11(10)15/h7-8,10H,3-6H2,1-2H3,(H,12,15)(H,13,14)/t7-,8?,10?/m1/s1. The van der Waals surface area contributed by atoms with Crippen LogP contribution in [0.1, 0.15) is 13.3 Å². The van der Waals surface area contributed by atoms with Crippen molar-refractivity contribution >= 4 is 11.9 Å². The molecule has 18 heavy (non-hydrogen) atoms. The molecular formula is C11H19NO6. The van der Waals surface area contributed by atoms with Gasteiger partial charge in [0.2, 0.25) is 5.91 Å². The lowest BCUT2D eigenvalue weighted by Crippen LogP contribution is -2.62. The fourth-order valence-corrected chi connectivity index (χ4v) is 1.82. The summed E-state index contributed by atoms with van der Waals surface area (Å²) in [5, 5.41) is 11.2. The Labute approximate surface area is 105 Å². The zero-order chi connectivity index (χ0) is 13.5. The molecule has 1 saturated heterocycles. The summed E-state index contributed by atoms with van der Waals surface area (Å²) in [7, 11) is 1.57. The average molecular weight is 261 g/mol. The molecule has 0 aromatic heterocycles. The third-order valence-electron chi connectivity index (χ3n) is 2.81. The molecule has 3 atom stereocenters. The molecule has 2 N–H and O–H groups in total. The maximum Gasteiger partial charge on any atom is 0.305 e. The molecule has 0 aromatic rings. The first-order valence-electron chi connectivity index (χ1n) is 5.76. The Morgan fingerprint density at radius 1 is 1.50 bits per heavy atom. The van der Waals surface area contributed by atoms with Crippen molar-refractivity contribution in [2.24, 2.45) is 5.92 Å². The Morgan fingerprint density at radius 3 is 2.78 bits per heavy atom. The lowest BCUT2D eigenvalue weighted by Gasteiger charge is -2.39. The van der Waals surface area contributed by atoms with Gasteiger partial charge in [-0.3, -0.25) is 9.59 Å². The highest BCUT2D eigenvalue weighted by Gasteiger charge is 2.44. The van der Waals surface area contributed by atoms with E-state index in [1.54, 1.807) is 14.0 Å². The van der Waals surface area contributed by atoms with E-state index in [2.05, 4.69) is 5.32 Å². The van der Waals surface area contributed by atoms with Crippen molar-refractivity contribution in [1.29, 1.82) is 0 Å². The third kappa shape index (κ3) is 4.25. The smallest absolute Gasteiger partial charge is 0.305 e. The Morgan fingerprint density at radius 2 is 2.22 bits per heavy atom. The van der Waals surface area contributed by atoms with Gasteiger partial charge in [0.25, 0.3) is 0 Å². The van der Waals surface area contributed by atoms with Gasteiger partial charge in [-0.2, -0.15) is 0 Å². The predicted octanol–water partition coefficient (Wildman–Crippen LogP) is -0.399. The SMILES string of the molecule is COCCOCO[C@H](C)C1C(=O)NC1CC(=O)O. The van der Waals surface area contributed by atoms with Gasteiger partial charge in [-0.15, -0.1) is 0 Å². The average Bonchev–Trinajstić information content (AvgIpc) is 2.27. The van der Waals surface area contributed by atoms with Gasteiger partial charge in [0.15, 0.2) is 0 Å². The van der Waals surface area contributed by atoms with E-state index in [4.69, 9.17) is 19.3 Å². The topological polar surface area (TPSA) is 94.1 Å². The van der Waals surface area contributed by atoms with Crippen LogP contribution in [0.5, 0.6) is 0 Å². The van der Waals surface area contributed by atoms with Gasteiger partial charge in [0, 0.05) is 7.11 Å². The Hall–Kier alpha value is -1.18. The van der Waals surface area contributed by atoms with Crippen LogP contribution in [-0.4, -0.2) is 56.2 Å². The predicted molar refractivity (Wildman–Crippen MR) is 60.9 cm³/mol. The number of nitrogens with one attached hydrogen (secondary N) is 1. The largest absolute Gasteiger partial charge is 0.481 e. The van der Waals surface area contributed by atoms with Crippen molar-refractivity contribution in [2.75, 3.05) is 27.1 Å². The minimum Gasteiger partial charge on any atom is -0.481 e. The minimum absolute atomic E-state index is 0.0636. The molecule has 0 bridgehead atoms. The lowest BCUT2D eigenvalue weighted by atomic mass is 9.84. The highest BCUT2D eigenvalue weighted by Crippen LogP contribution is 2.23. The minimum atomic E-state index is -0.937. The van der Waals surface area contributed by atoms with E-state index in [1.807, 2.05) is 0 Å². The van der Waals surface area contributed by atoms with Crippen molar-refractivity contribution < 1.29 is 28.9 Å². The lowest BCUT2D eigenvalue weighted by molar-refractivity contribution is -0.156. The van der Waals surface area contributed by atoms with Crippen molar-refractivity contribution in [3.8, 4) is 0 Å². The van der Waals surface area contributed by atoms with E-state index in [-0.39, 0.29) is 31.3 Å². The highest BCUT2D eigenvalue weighted by molar-refractivity contribution is 5.88. The molecule has 104 valence electrons. The first kappa shape index (κ1) is 14.9. The van der Waals surface area contributed by atoms with Crippen LogP contribution in [0.2, 0.25) is 0 Å². The van der Waals surface area contributed by atoms with Crippen LogP contribution < -0.4 is 5.32 Å². The number of hydrogen-bond donors (Lipinski definition) is 2. The molecule has 1 fully saturated rings. The van der Waals surface area contributed by atoms with Gasteiger partial charge < -0.3 is 24.6 Å². The number of methoxy groups -OCH3 is 1. The monoisotopic (exact) mass is 261 g/mol. The number of ether oxygens (including phenoxy) is 3. The van der Waals surface area contributed by atoms with E-state index in [1.165, 1.54) is 0 Å². The summed E-state index contributed by atoms with van der Waals surface area (Å²) in [6.45, 7) is 2.69. The molecule has 0 aliphatic carbocycles. The third-order valence-corrected chi connectivity index (χ3v) is 2.81. The molecule has 7 heteroatoms. The van der Waals surface area contributed by atoms with Gasteiger partial charge in [-0.05, 0) is 6.92 Å². The Kier molecular flexibility index (Phi) is 6.03. The van der Waals surface area contributed by atoms with Crippen molar-refractivity contribution in [1.82, 2.24) is 5.32 Å². The summed E-state index contributed by atoms with van der Waals surface area (Å²) < 4.78 is 15.3. The number of carbonyl (C=O) groups excluding carboxylic acids is 1. The van der Waals surface area contributed by atoms with Gasteiger partial charge >= 0.3 is 5.97 Å². The van der Waals surface area contributed by atoms with Gasteiger partial charge in [-0.1, -0.05) is 0 Å². The maximum absolute atomic E-state index is 11.4. The molecule has 0 radical (unpaired) electrons. The van der Waals surface area contributed by atoms with Gasteiger partial charge in [0.1, 0.15) is 6.79 Å². The Bertz CT molecular complexity index is 295. The van der Waals surface area contributed by atoms with Gasteiger partial charge in [0.05, 0.1) is 37.7 Å². The maximum atomic E-state index is 11.4. The van der Waals surface area contributed by atoms with Crippen LogP contribution in [0, 0.1) is 5.92 Å². The second-order valence-electron chi connectivity index (χ2n) is 4.13. The van der Waals surface area contributed by atoms with Crippen molar-refractivity contribution in [3.63, 3.8) is 0 Å². The van der Waals surface area contributed by atoms with Crippen LogP contribution in [0.25, 0.3) is 0 Å². The van der Waals surface area contributed by atoms with E-state index in [0.717, 1.165) is 0 Å². The molecule has 0 spiro atoms. The van der Waals surface area contributed by atoms with E-state index >= 15 is 0 Å². The molecule has 0 aromatic carbocycles. The van der Waals surface area contributed by atoms with Gasteiger partial charge in [-0.25, -0.2) is 0 Å². The molecule has 1 rings (SSSR count). The number of hydrogen-bond acceptors (Lipinski definition) is 5. The molecule has 1 aliphatic rings. The van der Waals surface area contributed by atoms with Crippen LogP contribution >= 0.6 is 0 Å². The fraction of sp³-hybridized carbons (Fsp3) is 0.818. The molecule has 0 saturated carbocycles. The normalized spacial score (nSPS) is 24.2. The number of aliphatic carboxylic acids is 1.